The Balaban J connectivity index is 1.68. The Morgan fingerprint density at radius 1 is 1.07 bits per heavy atom. The Hall–Kier alpha value is -2.26. The molecule has 0 aromatic heterocycles. The minimum Gasteiger partial charge on any atom is -0.457 e. The quantitative estimate of drug-likeness (QED) is 0.636. The van der Waals surface area contributed by atoms with Gasteiger partial charge in [0, 0.05) is 12.5 Å². The second-order valence-electron chi connectivity index (χ2n) is 7.04. The molecule has 0 aliphatic heterocycles. The van der Waals surface area contributed by atoms with Gasteiger partial charge in [-0.25, -0.2) is 0 Å². The molecule has 1 unspecified atom stereocenters. The monoisotopic (exact) mass is 429 g/mol. The van der Waals surface area contributed by atoms with Crippen LogP contribution in [0.1, 0.15) is 24.0 Å². The molecule has 2 aromatic carbocycles. The lowest BCUT2D eigenvalue weighted by Gasteiger charge is -2.12. The summed E-state index contributed by atoms with van der Waals surface area (Å²) >= 11 is 0. The number of fused-ring (bicyclic) bond motifs is 1. The maximum atomic E-state index is 12.2. The molecule has 1 aliphatic carbocycles. The van der Waals surface area contributed by atoms with Gasteiger partial charge in [-0.15, -0.1) is 0 Å². The largest absolute Gasteiger partial charge is 0.457 e. The van der Waals surface area contributed by atoms with E-state index in [0.29, 0.717) is 24.0 Å². The highest BCUT2D eigenvalue weighted by molar-refractivity contribution is 7.87. The molecule has 0 bridgehead atoms. The second kappa shape index (κ2) is 8.62. The SMILES string of the molecule is NCC1Cc2cccc(Oc3cccc(OS(=O)(=O)CCCC(F)(F)F)c3)c2C1. The first-order valence-electron chi connectivity index (χ1n) is 9.23. The number of ether oxygens (including phenoxy) is 1. The van der Waals surface area contributed by atoms with Crippen molar-refractivity contribution >= 4 is 10.1 Å². The summed E-state index contributed by atoms with van der Waals surface area (Å²) in [6, 6.07) is 11.8. The molecule has 0 amide bonds. The molecule has 2 aromatic rings. The summed E-state index contributed by atoms with van der Waals surface area (Å²) in [7, 11) is -4.14. The molecular weight excluding hydrogens is 407 g/mol. The number of benzene rings is 2. The number of halogens is 3. The van der Waals surface area contributed by atoms with Gasteiger partial charge in [-0.3, -0.25) is 0 Å². The van der Waals surface area contributed by atoms with E-state index in [9.17, 15) is 21.6 Å². The summed E-state index contributed by atoms with van der Waals surface area (Å²) < 4.78 is 71.3. The summed E-state index contributed by atoms with van der Waals surface area (Å²) in [5.74, 6) is 0.680. The van der Waals surface area contributed by atoms with E-state index >= 15 is 0 Å². The lowest BCUT2D eigenvalue weighted by atomic mass is 10.1. The fraction of sp³-hybridized carbons (Fsp3) is 0.400. The molecule has 0 heterocycles. The Morgan fingerprint density at radius 3 is 2.52 bits per heavy atom. The van der Waals surface area contributed by atoms with Gasteiger partial charge in [-0.1, -0.05) is 18.2 Å². The van der Waals surface area contributed by atoms with Crippen LogP contribution in [-0.4, -0.2) is 26.9 Å². The molecule has 0 saturated heterocycles. The highest BCUT2D eigenvalue weighted by atomic mass is 32.2. The van der Waals surface area contributed by atoms with Crippen molar-refractivity contribution in [3.05, 3.63) is 53.6 Å². The summed E-state index contributed by atoms with van der Waals surface area (Å²) in [6.45, 7) is 0.587. The Kier molecular flexibility index (Phi) is 6.38. The highest BCUT2D eigenvalue weighted by Crippen LogP contribution is 2.36. The summed E-state index contributed by atoms with van der Waals surface area (Å²) in [5.41, 5.74) is 8.03. The molecule has 0 saturated carbocycles. The fourth-order valence-corrected chi connectivity index (χ4v) is 4.30. The number of rotatable bonds is 8. The first kappa shape index (κ1) is 21.4. The Morgan fingerprint density at radius 2 is 1.79 bits per heavy atom. The van der Waals surface area contributed by atoms with Gasteiger partial charge in [0.15, 0.2) is 0 Å². The van der Waals surface area contributed by atoms with Crippen molar-refractivity contribution in [1.82, 2.24) is 0 Å². The minimum atomic E-state index is -4.40. The van der Waals surface area contributed by atoms with Gasteiger partial charge in [0.2, 0.25) is 0 Å². The second-order valence-corrected chi connectivity index (χ2v) is 8.73. The van der Waals surface area contributed by atoms with Crippen LogP contribution in [0.2, 0.25) is 0 Å². The third-order valence-electron chi connectivity index (χ3n) is 4.68. The van der Waals surface area contributed by atoms with Crippen LogP contribution >= 0.6 is 0 Å². The van der Waals surface area contributed by atoms with Crippen molar-refractivity contribution in [2.45, 2.75) is 31.9 Å². The fourth-order valence-electron chi connectivity index (χ4n) is 3.32. The van der Waals surface area contributed by atoms with Crippen molar-refractivity contribution in [2.75, 3.05) is 12.3 Å². The zero-order valence-corrected chi connectivity index (χ0v) is 16.4. The first-order valence-corrected chi connectivity index (χ1v) is 10.8. The first-order chi connectivity index (χ1) is 13.6. The van der Waals surface area contributed by atoms with Crippen LogP contribution in [0.15, 0.2) is 42.5 Å². The van der Waals surface area contributed by atoms with E-state index in [1.807, 2.05) is 18.2 Å². The predicted molar refractivity (Wildman–Crippen MR) is 103 cm³/mol. The zero-order valence-electron chi connectivity index (χ0n) is 15.6. The van der Waals surface area contributed by atoms with E-state index in [2.05, 4.69) is 0 Å². The van der Waals surface area contributed by atoms with Crippen LogP contribution in [0, 0.1) is 5.92 Å². The third kappa shape index (κ3) is 6.11. The normalized spacial score (nSPS) is 16.5. The predicted octanol–water partition coefficient (Wildman–Crippen LogP) is 4.20. The molecule has 3 rings (SSSR count). The third-order valence-corrected chi connectivity index (χ3v) is 5.91. The topological polar surface area (TPSA) is 78.6 Å². The van der Waals surface area contributed by atoms with Crippen molar-refractivity contribution < 1.29 is 30.5 Å². The number of hydrogen-bond acceptors (Lipinski definition) is 5. The van der Waals surface area contributed by atoms with Gasteiger partial charge in [-0.05, 0) is 61.1 Å². The van der Waals surface area contributed by atoms with Gasteiger partial charge in [0.05, 0.1) is 5.75 Å². The molecule has 0 radical (unpaired) electrons. The molecule has 0 fully saturated rings. The van der Waals surface area contributed by atoms with Gasteiger partial charge in [-0.2, -0.15) is 21.6 Å². The van der Waals surface area contributed by atoms with E-state index in [0.717, 1.165) is 18.4 Å². The van der Waals surface area contributed by atoms with Crippen molar-refractivity contribution in [1.29, 1.82) is 0 Å². The number of nitrogens with two attached hydrogens (primary N) is 1. The number of alkyl halides is 3. The lowest BCUT2D eigenvalue weighted by molar-refractivity contribution is -0.134. The average molecular weight is 429 g/mol. The summed E-state index contributed by atoms with van der Waals surface area (Å²) in [6.07, 6.45) is -4.43. The standard InChI is InChI=1S/C20H22F3NO4S/c21-20(22,23)8-3-9-29(25,26)28-17-6-2-5-16(12-17)27-19-7-1-4-15-10-14(13-24)11-18(15)19/h1-2,4-7,12,14H,3,8-11,13,24H2. The lowest BCUT2D eigenvalue weighted by Crippen LogP contribution is -2.16. The van der Waals surface area contributed by atoms with Crippen LogP contribution < -0.4 is 14.7 Å². The van der Waals surface area contributed by atoms with Crippen molar-refractivity contribution in [3.8, 4) is 17.2 Å². The summed E-state index contributed by atoms with van der Waals surface area (Å²) in [4.78, 5) is 0. The van der Waals surface area contributed by atoms with E-state index in [-0.39, 0.29) is 5.75 Å². The van der Waals surface area contributed by atoms with Gasteiger partial charge >= 0.3 is 16.3 Å². The van der Waals surface area contributed by atoms with Gasteiger partial charge < -0.3 is 14.7 Å². The molecule has 1 atom stereocenters. The summed E-state index contributed by atoms with van der Waals surface area (Å²) in [5, 5.41) is 0. The minimum absolute atomic E-state index is 0.0121. The molecular formula is C20H22F3NO4S. The molecule has 2 N–H and O–H groups in total. The highest BCUT2D eigenvalue weighted by Gasteiger charge is 2.28. The van der Waals surface area contributed by atoms with Crippen LogP contribution in [0.5, 0.6) is 17.2 Å². The van der Waals surface area contributed by atoms with Crippen LogP contribution in [0.3, 0.4) is 0 Å². The van der Waals surface area contributed by atoms with Gasteiger partial charge in [0.1, 0.15) is 17.2 Å². The van der Waals surface area contributed by atoms with Crippen molar-refractivity contribution in [2.24, 2.45) is 11.7 Å². The van der Waals surface area contributed by atoms with Gasteiger partial charge in [0.25, 0.3) is 0 Å². The maximum absolute atomic E-state index is 12.2. The average Bonchev–Trinajstić information content (AvgIpc) is 3.05. The zero-order chi connectivity index (χ0) is 21.1. The molecule has 158 valence electrons. The van der Waals surface area contributed by atoms with Crippen molar-refractivity contribution in [3.63, 3.8) is 0 Å². The van der Waals surface area contributed by atoms with Crippen LogP contribution in [-0.2, 0) is 23.0 Å². The Labute approximate surface area is 167 Å². The Bertz CT molecular complexity index is 960. The number of hydrogen-bond donors (Lipinski definition) is 1. The van der Waals surface area contributed by atoms with E-state index < -0.39 is 34.9 Å². The maximum Gasteiger partial charge on any atom is 0.389 e. The van der Waals surface area contributed by atoms with E-state index in [4.69, 9.17) is 14.7 Å². The molecule has 0 spiro atoms. The molecule has 9 heteroatoms. The van der Waals surface area contributed by atoms with Crippen LogP contribution in [0.4, 0.5) is 13.2 Å². The van der Waals surface area contributed by atoms with E-state index in [1.165, 1.54) is 17.7 Å². The molecule has 1 aliphatic rings. The van der Waals surface area contributed by atoms with E-state index in [1.54, 1.807) is 12.1 Å². The smallest absolute Gasteiger partial charge is 0.389 e. The molecule has 5 nitrogen and oxygen atoms in total. The van der Waals surface area contributed by atoms with Crippen LogP contribution in [0.25, 0.3) is 0 Å². The molecule has 29 heavy (non-hydrogen) atoms.